The van der Waals surface area contributed by atoms with Crippen molar-refractivity contribution in [1.82, 2.24) is 0 Å². The van der Waals surface area contributed by atoms with Gasteiger partial charge in [-0.2, -0.15) is 0 Å². The molecule has 0 heterocycles. The molecule has 0 saturated heterocycles. The van der Waals surface area contributed by atoms with Crippen LogP contribution in [0.4, 0.5) is 0 Å². The lowest BCUT2D eigenvalue weighted by Crippen LogP contribution is -2.29. The Morgan fingerprint density at radius 2 is 1.88 bits per heavy atom. The number of benzene rings is 1. The van der Waals surface area contributed by atoms with Crippen LogP contribution in [0, 0.1) is 6.92 Å². The van der Waals surface area contributed by atoms with Crippen molar-refractivity contribution in [3.8, 4) is 11.5 Å². The van der Waals surface area contributed by atoms with Crippen molar-refractivity contribution >= 4 is 5.78 Å². The van der Waals surface area contributed by atoms with Crippen LogP contribution in [-0.2, 0) is 0 Å². The van der Waals surface area contributed by atoms with Crippen molar-refractivity contribution < 1.29 is 19.4 Å². The van der Waals surface area contributed by atoms with Gasteiger partial charge in [0.05, 0.1) is 14.2 Å². The van der Waals surface area contributed by atoms with Crippen molar-refractivity contribution in [2.45, 2.75) is 13.0 Å². The van der Waals surface area contributed by atoms with Crippen LogP contribution in [-0.4, -0.2) is 37.8 Å². The molecule has 1 atom stereocenters. The number of ether oxygens (including phenoxy) is 2. The molecule has 0 aliphatic rings. The first-order valence-corrected chi connectivity index (χ1v) is 5.20. The minimum absolute atomic E-state index is 0.105. The zero-order valence-electron chi connectivity index (χ0n) is 10.2. The highest BCUT2D eigenvalue weighted by Gasteiger charge is 2.20. The summed E-state index contributed by atoms with van der Waals surface area (Å²) in [7, 11) is 3.01. The van der Waals surface area contributed by atoms with Gasteiger partial charge in [0, 0.05) is 12.1 Å². The number of Topliss-reactive ketones (excluding diaryl/α,β-unsaturated/α-hetero) is 1. The molecule has 5 heteroatoms. The van der Waals surface area contributed by atoms with E-state index in [-0.39, 0.29) is 6.54 Å². The maximum atomic E-state index is 11.8. The van der Waals surface area contributed by atoms with Gasteiger partial charge in [0.15, 0.2) is 17.3 Å². The summed E-state index contributed by atoms with van der Waals surface area (Å²) >= 11 is 0. The first-order valence-electron chi connectivity index (χ1n) is 5.20. The number of carbonyl (C=O) groups is 1. The maximum absolute atomic E-state index is 11.8. The van der Waals surface area contributed by atoms with Crippen LogP contribution in [0.1, 0.15) is 15.9 Å². The van der Waals surface area contributed by atoms with E-state index in [0.717, 1.165) is 0 Å². The number of hydrogen-bond acceptors (Lipinski definition) is 5. The van der Waals surface area contributed by atoms with E-state index in [1.807, 2.05) is 0 Å². The number of rotatable bonds is 5. The van der Waals surface area contributed by atoms with E-state index in [1.165, 1.54) is 14.2 Å². The average molecular weight is 239 g/mol. The molecule has 0 amide bonds. The molecular weight excluding hydrogens is 222 g/mol. The van der Waals surface area contributed by atoms with Crippen LogP contribution < -0.4 is 15.2 Å². The Morgan fingerprint density at radius 3 is 2.35 bits per heavy atom. The van der Waals surface area contributed by atoms with E-state index < -0.39 is 11.9 Å². The van der Waals surface area contributed by atoms with Gasteiger partial charge in [-0.1, -0.05) is 0 Å². The Hall–Kier alpha value is -1.59. The Kier molecular flexibility index (Phi) is 4.48. The monoisotopic (exact) mass is 239 g/mol. The third-order valence-electron chi connectivity index (χ3n) is 2.52. The van der Waals surface area contributed by atoms with Gasteiger partial charge < -0.3 is 20.3 Å². The fourth-order valence-corrected chi connectivity index (χ4v) is 1.53. The molecule has 1 unspecified atom stereocenters. The van der Waals surface area contributed by atoms with E-state index in [2.05, 4.69) is 0 Å². The van der Waals surface area contributed by atoms with E-state index in [4.69, 9.17) is 15.2 Å². The van der Waals surface area contributed by atoms with Crippen LogP contribution in [0.5, 0.6) is 11.5 Å². The normalized spacial score (nSPS) is 12.1. The highest BCUT2D eigenvalue weighted by molar-refractivity contribution is 6.01. The zero-order valence-corrected chi connectivity index (χ0v) is 10.2. The van der Waals surface area contributed by atoms with E-state index in [0.29, 0.717) is 22.6 Å². The standard InChI is InChI=1S/C12H17NO4/c1-7-4-10(16-2)11(17-3)5-8(7)12(15)9(14)6-13/h4-5,9,14H,6,13H2,1-3H3. The largest absolute Gasteiger partial charge is 0.493 e. The van der Waals surface area contributed by atoms with Crippen molar-refractivity contribution in [3.63, 3.8) is 0 Å². The molecule has 5 nitrogen and oxygen atoms in total. The second-order valence-corrected chi connectivity index (χ2v) is 3.64. The number of methoxy groups -OCH3 is 2. The van der Waals surface area contributed by atoms with Crippen molar-refractivity contribution in [1.29, 1.82) is 0 Å². The first kappa shape index (κ1) is 13.5. The Morgan fingerprint density at radius 1 is 1.35 bits per heavy atom. The highest BCUT2D eigenvalue weighted by Crippen LogP contribution is 2.30. The second-order valence-electron chi connectivity index (χ2n) is 3.64. The van der Waals surface area contributed by atoms with Gasteiger partial charge in [0.25, 0.3) is 0 Å². The fraction of sp³-hybridized carbons (Fsp3) is 0.417. The lowest BCUT2D eigenvalue weighted by molar-refractivity contribution is 0.0762. The summed E-state index contributed by atoms with van der Waals surface area (Å²) in [6.45, 7) is 1.66. The number of nitrogens with two attached hydrogens (primary N) is 1. The number of hydrogen-bond donors (Lipinski definition) is 2. The van der Waals surface area contributed by atoms with Gasteiger partial charge in [-0.05, 0) is 24.6 Å². The molecule has 0 aliphatic heterocycles. The molecule has 1 aromatic carbocycles. The van der Waals surface area contributed by atoms with E-state index in [9.17, 15) is 9.90 Å². The lowest BCUT2D eigenvalue weighted by Gasteiger charge is -2.13. The van der Waals surface area contributed by atoms with Crippen LogP contribution in [0.3, 0.4) is 0 Å². The average Bonchev–Trinajstić information content (AvgIpc) is 2.36. The molecule has 0 aromatic heterocycles. The molecule has 3 N–H and O–H groups in total. The van der Waals surface area contributed by atoms with Gasteiger partial charge in [-0.15, -0.1) is 0 Å². The SMILES string of the molecule is COc1cc(C)c(C(=O)C(O)CN)cc1OC. The first-order chi connectivity index (χ1) is 8.04. The van der Waals surface area contributed by atoms with E-state index >= 15 is 0 Å². The second kappa shape index (κ2) is 5.65. The van der Waals surface area contributed by atoms with Gasteiger partial charge in [0.1, 0.15) is 6.10 Å². The number of aliphatic hydroxyl groups is 1. The molecule has 0 fully saturated rings. The maximum Gasteiger partial charge on any atom is 0.192 e. The summed E-state index contributed by atoms with van der Waals surface area (Å²) < 4.78 is 10.2. The quantitative estimate of drug-likeness (QED) is 0.732. The van der Waals surface area contributed by atoms with Crippen LogP contribution in [0.25, 0.3) is 0 Å². The summed E-state index contributed by atoms with van der Waals surface area (Å²) in [5.74, 6) is 0.584. The summed E-state index contributed by atoms with van der Waals surface area (Å²) in [5, 5.41) is 9.45. The van der Waals surface area contributed by atoms with Crippen LogP contribution in [0.2, 0.25) is 0 Å². The van der Waals surface area contributed by atoms with Gasteiger partial charge >= 0.3 is 0 Å². The molecular formula is C12H17NO4. The smallest absolute Gasteiger partial charge is 0.192 e. The third-order valence-corrected chi connectivity index (χ3v) is 2.52. The number of aryl methyl sites for hydroxylation is 1. The molecule has 0 aliphatic carbocycles. The summed E-state index contributed by atoms with van der Waals surface area (Å²) in [4.78, 5) is 11.8. The molecule has 1 rings (SSSR count). The van der Waals surface area contributed by atoms with Gasteiger partial charge in [-0.3, -0.25) is 4.79 Å². The van der Waals surface area contributed by atoms with Crippen LogP contribution >= 0.6 is 0 Å². The predicted molar refractivity (Wildman–Crippen MR) is 63.7 cm³/mol. The summed E-state index contributed by atoms with van der Waals surface area (Å²) in [6.07, 6.45) is -1.19. The fourth-order valence-electron chi connectivity index (χ4n) is 1.53. The molecule has 94 valence electrons. The molecule has 17 heavy (non-hydrogen) atoms. The zero-order chi connectivity index (χ0) is 13.0. The summed E-state index contributed by atoms with van der Waals surface area (Å²) in [6, 6.07) is 3.24. The molecule has 0 bridgehead atoms. The lowest BCUT2D eigenvalue weighted by atomic mass is 10.00. The molecule has 0 radical (unpaired) electrons. The predicted octanol–water partition coefficient (Wildman–Crippen LogP) is 0.515. The van der Waals surface area contributed by atoms with Crippen molar-refractivity contribution in [3.05, 3.63) is 23.3 Å². The van der Waals surface area contributed by atoms with Gasteiger partial charge in [-0.25, -0.2) is 0 Å². The molecule has 1 aromatic rings. The Bertz CT molecular complexity index is 417. The van der Waals surface area contributed by atoms with Crippen molar-refractivity contribution in [2.75, 3.05) is 20.8 Å². The Labute approximate surface area is 100 Å². The summed E-state index contributed by atoms with van der Waals surface area (Å²) in [5.41, 5.74) is 6.36. The van der Waals surface area contributed by atoms with Gasteiger partial charge in [0.2, 0.25) is 0 Å². The minimum atomic E-state index is -1.19. The number of ketones is 1. The van der Waals surface area contributed by atoms with Crippen LogP contribution in [0.15, 0.2) is 12.1 Å². The molecule has 0 saturated carbocycles. The number of carbonyl (C=O) groups excluding carboxylic acids is 1. The minimum Gasteiger partial charge on any atom is -0.493 e. The van der Waals surface area contributed by atoms with Crippen molar-refractivity contribution in [2.24, 2.45) is 5.73 Å². The Balaban J connectivity index is 3.21. The topological polar surface area (TPSA) is 81.8 Å². The van der Waals surface area contributed by atoms with E-state index in [1.54, 1.807) is 19.1 Å². The highest BCUT2D eigenvalue weighted by atomic mass is 16.5. The molecule has 0 spiro atoms. The number of aliphatic hydroxyl groups excluding tert-OH is 1. The third kappa shape index (κ3) is 2.75.